The van der Waals surface area contributed by atoms with Gasteiger partial charge in [-0.25, -0.2) is 9.97 Å². The van der Waals surface area contributed by atoms with Gasteiger partial charge in [0.1, 0.15) is 18.8 Å². The van der Waals surface area contributed by atoms with E-state index in [1.807, 2.05) is 31.2 Å². The Morgan fingerprint density at radius 1 is 1.17 bits per heavy atom. The fraction of sp³-hybridized carbons (Fsp3) is 0.524. The van der Waals surface area contributed by atoms with E-state index >= 15 is 0 Å². The topological polar surface area (TPSA) is 89.0 Å². The minimum Gasteiger partial charge on any atom is -0.493 e. The number of anilines is 1. The van der Waals surface area contributed by atoms with Crippen LogP contribution in [0.2, 0.25) is 0 Å². The quantitative estimate of drug-likeness (QED) is 0.579. The van der Waals surface area contributed by atoms with Crippen LogP contribution in [-0.2, 0) is 11.3 Å². The highest BCUT2D eigenvalue weighted by Crippen LogP contribution is 2.28. The molecule has 3 rings (SSSR count). The Labute approximate surface area is 171 Å². The van der Waals surface area contributed by atoms with E-state index in [1.54, 1.807) is 20.5 Å². The van der Waals surface area contributed by atoms with Crippen LogP contribution in [0.3, 0.4) is 0 Å². The number of methoxy groups -OCH3 is 2. The molecule has 8 heteroatoms. The van der Waals surface area contributed by atoms with Crippen molar-refractivity contribution in [3.63, 3.8) is 0 Å². The average Bonchev–Trinajstić information content (AvgIpc) is 3.11. The lowest BCUT2D eigenvalue weighted by atomic mass is 10.0. The molecule has 0 bridgehead atoms. The molecule has 2 heterocycles. The maximum Gasteiger partial charge on any atom is 0.161 e. The fourth-order valence-corrected chi connectivity index (χ4v) is 3.43. The highest BCUT2D eigenvalue weighted by atomic mass is 16.5. The van der Waals surface area contributed by atoms with E-state index < -0.39 is 5.60 Å². The molecule has 0 radical (unpaired) electrons. The average molecular weight is 402 g/mol. The van der Waals surface area contributed by atoms with Crippen LogP contribution in [-0.4, -0.2) is 67.7 Å². The number of rotatable bonds is 10. The van der Waals surface area contributed by atoms with Gasteiger partial charge in [0, 0.05) is 45.0 Å². The third-order valence-corrected chi connectivity index (χ3v) is 5.00. The zero-order chi connectivity index (χ0) is 20.7. The number of β-amino-alcohol motifs (C(OH)–C–C–N with tert-alkyl or cyclic N) is 1. The van der Waals surface area contributed by atoms with E-state index in [2.05, 4.69) is 20.2 Å². The van der Waals surface area contributed by atoms with Gasteiger partial charge in [0.15, 0.2) is 11.5 Å². The summed E-state index contributed by atoms with van der Waals surface area (Å²) >= 11 is 0. The number of hydrogen-bond donors (Lipinski definition) is 2. The largest absolute Gasteiger partial charge is 0.493 e. The van der Waals surface area contributed by atoms with Crippen LogP contribution < -0.4 is 19.7 Å². The van der Waals surface area contributed by atoms with Crippen molar-refractivity contribution in [2.75, 3.05) is 52.0 Å². The van der Waals surface area contributed by atoms with Gasteiger partial charge in [-0.15, -0.1) is 0 Å². The molecule has 2 aromatic rings. The highest BCUT2D eigenvalue weighted by Gasteiger charge is 2.36. The zero-order valence-corrected chi connectivity index (χ0v) is 17.4. The van der Waals surface area contributed by atoms with Crippen molar-refractivity contribution in [3.8, 4) is 11.5 Å². The number of nitrogens with zero attached hydrogens (tertiary/aromatic N) is 3. The van der Waals surface area contributed by atoms with Gasteiger partial charge >= 0.3 is 0 Å². The molecule has 0 unspecified atom stereocenters. The lowest BCUT2D eigenvalue weighted by Crippen LogP contribution is -2.43. The minimum absolute atomic E-state index is 0.460. The number of ether oxygens (including phenoxy) is 3. The molecular weight excluding hydrogens is 372 g/mol. The molecular formula is C21H30N4O4. The Kier molecular flexibility index (Phi) is 7.24. The van der Waals surface area contributed by atoms with E-state index in [0.717, 1.165) is 23.6 Å². The molecule has 1 aliphatic rings. The van der Waals surface area contributed by atoms with E-state index in [9.17, 15) is 5.11 Å². The van der Waals surface area contributed by atoms with Crippen molar-refractivity contribution in [2.24, 2.45) is 0 Å². The molecule has 2 N–H and O–H groups in total. The number of aryl methyl sites for hydroxylation is 1. The van der Waals surface area contributed by atoms with Crippen molar-refractivity contribution in [1.82, 2.24) is 15.3 Å². The van der Waals surface area contributed by atoms with Crippen LogP contribution in [0, 0.1) is 6.92 Å². The summed E-state index contributed by atoms with van der Waals surface area (Å²) in [5.41, 5.74) is 1.19. The summed E-state index contributed by atoms with van der Waals surface area (Å²) in [6.07, 6.45) is 2.26. The molecule has 0 aliphatic carbocycles. The first-order valence-corrected chi connectivity index (χ1v) is 9.78. The van der Waals surface area contributed by atoms with Crippen LogP contribution in [0.25, 0.3) is 0 Å². The first-order chi connectivity index (χ1) is 14.0. The van der Waals surface area contributed by atoms with Gasteiger partial charge in [-0.1, -0.05) is 6.07 Å². The Balaban J connectivity index is 1.53. The third-order valence-electron chi connectivity index (χ3n) is 5.00. The summed E-state index contributed by atoms with van der Waals surface area (Å²) in [4.78, 5) is 10.6. The maximum atomic E-state index is 10.9. The first-order valence-electron chi connectivity index (χ1n) is 9.78. The van der Waals surface area contributed by atoms with E-state index in [-0.39, 0.29) is 0 Å². The molecule has 29 heavy (non-hydrogen) atoms. The van der Waals surface area contributed by atoms with E-state index in [1.165, 1.54) is 0 Å². The third kappa shape index (κ3) is 5.79. The van der Waals surface area contributed by atoms with Gasteiger partial charge in [-0.3, -0.25) is 0 Å². The van der Waals surface area contributed by atoms with Crippen molar-refractivity contribution < 1.29 is 19.3 Å². The molecule has 1 aliphatic heterocycles. The monoisotopic (exact) mass is 402 g/mol. The molecule has 0 spiro atoms. The fourth-order valence-electron chi connectivity index (χ4n) is 3.43. The number of aliphatic hydroxyl groups is 1. The number of benzene rings is 1. The molecule has 1 aromatic carbocycles. The second kappa shape index (κ2) is 9.87. The SMILES string of the molecule is COCCOc1cc(CNC[C@@]2(O)CCN(c3cc(C)ncn3)C2)ccc1OC. The first kappa shape index (κ1) is 21.3. The second-order valence-corrected chi connectivity index (χ2v) is 7.34. The molecule has 0 amide bonds. The highest BCUT2D eigenvalue weighted by molar-refractivity contribution is 5.43. The van der Waals surface area contributed by atoms with Crippen LogP contribution in [0.5, 0.6) is 11.5 Å². The normalized spacial score (nSPS) is 18.8. The standard InChI is InChI=1S/C21H30N4O4/c1-16-10-20(24-15-23-16)25-7-6-21(26,14-25)13-22-12-17-4-5-18(28-3)19(11-17)29-9-8-27-2/h4-5,10-11,15,22,26H,6-9,12-14H2,1-3H3/t21-/m0/s1. The molecule has 0 saturated carbocycles. The van der Waals surface area contributed by atoms with Crippen LogP contribution in [0.4, 0.5) is 5.82 Å². The van der Waals surface area contributed by atoms with Gasteiger partial charge in [-0.2, -0.15) is 0 Å². The molecule has 158 valence electrons. The van der Waals surface area contributed by atoms with Gasteiger partial charge in [0.05, 0.1) is 19.3 Å². The summed E-state index contributed by atoms with van der Waals surface area (Å²) < 4.78 is 16.1. The number of hydrogen-bond acceptors (Lipinski definition) is 8. The molecule has 8 nitrogen and oxygen atoms in total. The van der Waals surface area contributed by atoms with Crippen LogP contribution >= 0.6 is 0 Å². The van der Waals surface area contributed by atoms with Crippen LogP contribution in [0.15, 0.2) is 30.6 Å². The summed E-state index contributed by atoms with van der Waals surface area (Å²) in [5, 5.41) is 14.3. The van der Waals surface area contributed by atoms with E-state index in [0.29, 0.717) is 50.8 Å². The van der Waals surface area contributed by atoms with Crippen molar-refractivity contribution in [1.29, 1.82) is 0 Å². The Hall–Kier alpha value is -2.42. The summed E-state index contributed by atoms with van der Waals surface area (Å²) in [7, 11) is 3.26. The van der Waals surface area contributed by atoms with Crippen molar-refractivity contribution in [2.45, 2.75) is 25.5 Å². The van der Waals surface area contributed by atoms with E-state index in [4.69, 9.17) is 14.2 Å². The summed E-state index contributed by atoms with van der Waals surface area (Å²) in [6, 6.07) is 7.78. The molecule has 1 saturated heterocycles. The smallest absolute Gasteiger partial charge is 0.161 e. The van der Waals surface area contributed by atoms with Crippen molar-refractivity contribution in [3.05, 3.63) is 41.9 Å². The summed E-state index contributed by atoms with van der Waals surface area (Å²) in [6.45, 7) is 5.36. The minimum atomic E-state index is -0.789. The number of nitrogens with one attached hydrogen (secondary N) is 1. The molecule has 1 atom stereocenters. The second-order valence-electron chi connectivity index (χ2n) is 7.34. The Bertz CT molecular complexity index is 804. The van der Waals surface area contributed by atoms with Crippen LogP contribution in [0.1, 0.15) is 17.7 Å². The lowest BCUT2D eigenvalue weighted by molar-refractivity contribution is 0.0626. The zero-order valence-electron chi connectivity index (χ0n) is 17.4. The van der Waals surface area contributed by atoms with Gasteiger partial charge in [-0.05, 0) is 31.0 Å². The molecule has 1 fully saturated rings. The molecule has 1 aromatic heterocycles. The summed E-state index contributed by atoms with van der Waals surface area (Å²) in [5.74, 6) is 2.24. The maximum absolute atomic E-state index is 10.9. The predicted molar refractivity (Wildman–Crippen MR) is 111 cm³/mol. The van der Waals surface area contributed by atoms with Gasteiger partial charge in [0.2, 0.25) is 0 Å². The van der Waals surface area contributed by atoms with Gasteiger partial charge < -0.3 is 29.5 Å². The lowest BCUT2D eigenvalue weighted by Gasteiger charge is -2.24. The number of aromatic nitrogens is 2. The predicted octanol–water partition coefficient (Wildman–Crippen LogP) is 1.55. The van der Waals surface area contributed by atoms with Crippen molar-refractivity contribution >= 4 is 5.82 Å². The Morgan fingerprint density at radius 2 is 2.03 bits per heavy atom. The van der Waals surface area contributed by atoms with Gasteiger partial charge in [0.25, 0.3) is 0 Å². The Morgan fingerprint density at radius 3 is 2.79 bits per heavy atom.